The first-order valence-electron chi connectivity index (χ1n) is 6.90. The predicted molar refractivity (Wildman–Crippen MR) is 89.9 cm³/mol. The maximum atomic E-state index is 4.67. The fourth-order valence-corrected chi connectivity index (χ4v) is 3.95. The van der Waals surface area contributed by atoms with Crippen LogP contribution in [0.4, 0.5) is 0 Å². The van der Waals surface area contributed by atoms with E-state index < -0.39 is 0 Å². The van der Waals surface area contributed by atoms with Crippen LogP contribution < -0.4 is 5.32 Å². The van der Waals surface area contributed by atoms with Crippen molar-refractivity contribution in [3.63, 3.8) is 0 Å². The van der Waals surface area contributed by atoms with Crippen LogP contribution in [0.15, 0.2) is 52.8 Å². The molecule has 1 saturated heterocycles. The Bertz CT molecular complexity index is 549. The number of thiophene rings is 1. The Morgan fingerprint density at radius 1 is 1.15 bits per heavy atom. The topological polar surface area (TPSA) is 24.4 Å². The summed E-state index contributed by atoms with van der Waals surface area (Å²) in [6.45, 7) is 0.883. The molecule has 1 fully saturated rings. The summed E-state index contributed by atoms with van der Waals surface area (Å²) >= 11 is 3.66. The molecular weight excluding hydrogens is 284 g/mol. The van der Waals surface area contributed by atoms with Crippen LogP contribution in [0.5, 0.6) is 0 Å². The van der Waals surface area contributed by atoms with Gasteiger partial charge in [-0.2, -0.15) is 0 Å². The second-order valence-electron chi connectivity index (χ2n) is 4.86. The number of hydrogen-bond donors (Lipinski definition) is 1. The molecule has 3 rings (SSSR count). The van der Waals surface area contributed by atoms with Gasteiger partial charge in [0.2, 0.25) is 0 Å². The molecule has 1 unspecified atom stereocenters. The number of rotatable bonds is 5. The van der Waals surface area contributed by atoms with Gasteiger partial charge in [-0.05, 0) is 23.4 Å². The molecule has 1 aromatic carbocycles. The third-order valence-corrected chi connectivity index (χ3v) is 5.29. The molecule has 104 valence electrons. The van der Waals surface area contributed by atoms with Gasteiger partial charge in [-0.25, -0.2) is 0 Å². The molecule has 20 heavy (non-hydrogen) atoms. The number of hydrogen-bond acceptors (Lipinski definition) is 3. The number of benzene rings is 1. The zero-order valence-electron chi connectivity index (χ0n) is 11.3. The Labute approximate surface area is 128 Å². The molecule has 0 saturated carbocycles. The van der Waals surface area contributed by atoms with Crippen molar-refractivity contribution in [2.45, 2.75) is 18.9 Å². The first-order chi connectivity index (χ1) is 9.90. The zero-order valence-corrected chi connectivity index (χ0v) is 12.9. The molecule has 4 heteroatoms. The number of aliphatic imine (C=N–C) groups is 1. The van der Waals surface area contributed by atoms with Crippen molar-refractivity contribution < 1.29 is 0 Å². The van der Waals surface area contributed by atoms with Gasteiger partial charge in [0.25, 0.3) is 0 Å². The fourth-order valence-electron chi connectivity index (χ4n) is 2.26. The third kappa shape index (κ3) is 3.87. The summed E-state index contributed by atoms with van der Waals surface area (Å²) in [5, 5.41) is 6.78. The smallest absolute Gasteiger partial charge is 0.156 e. The van der Waals surface area contributed by atoms with Crippen molar-refractivity contribution in [2.24, 2.45) is 4.99 Å². The largest absolute Gasteiger partial charge is 0.361 e. The Balaban J connectivity index is 1.47. The lowest BCUT2D eigenvalue weighted by molar-refractivity contribution is 0.686. The van der Waals surface area contributed by atoms with E-state index >= 15 is 0 Å². The SMILES string of the molecule is c1ccc(CC2CSC(=NCCc3cccs3)N2)cc1. The van der Waals surface area contributed by atoms with E-state index in [1.54, 1.807) is 0 Å². The summed E-state index contributed by atoms with van der Waals surface area (Å²) in [7, 11) is 0. The first kappa shape index (κ1) is 13.7. The highest BCUT2D eigenvalue weighted by atomic mass is 32.2. The van der Waals surface area contributed by atoms with Crippen molar-refractivity contribution in [1.29, 1.82) is 0 Å². The molecule has 0 bridgehead atoms. The van der Waals surface area contributed by atoms with E-state index in [2.05, 4.69) is 58.2 Å². The number of thioether (sulfide) groups is 1. The molecule has 0 amide bonds. The van der Waals surface area contributed by atoms with Gasteiger partial charge in [0.15, 0.2) is 5.17 Å². The van der Waals surface area contributed by atoms with Crippen LogP contribution in [0.25, 0.3) is 0 Å². The first-order valence-corrected chi connectivity index (χ1v) is 8.77. The third-order valence-electron chi connectivity index (χ3n) is 3.27. The highest BCUT2D eigenvalue weighted by Gasteiger charge is 2.19. The van der Waals surface area contributed by atoms with Crippen LogP contribution in [0.2, 0.25) is 0 Å². The van der Waals surface area contributed by atoms with Crippen LogP contribution in [0.1, 0.15) is 10.4 Å². The fraction of sp³-hybridized carbons (Fsp3) is 0.312. The van der Waals surface area contributed by atoms with Crippen molar-refractivity contribution in [3.8, 4) is 0 Å². The van der Waals surface area contributed by atoms with Crippen molar-refractivity contribution in [3.05, 3.63) is 58.3 Å². The van der Waals surface area contributed by atoms with Crippen molar-refractivity contribution >= 4 is 28.3 Å². The monoisotopic (exact) mass is 302 g/mol. The Morgan fingerprint density at radius 2 is 2.05 bits per heavy atom. The van der Waals surface area contributed by atoms with Gasteiger partial charge in [0.05, 0.1) is 0 Å². The second kappa shape index (κ2) is 6.95. The Kier molecular flexibility index (Phi) is 4.77. The van der Waals surface area contributed by atoms with E-state index in [1.807, 2.05) is 23.1 Å². The minimum absolute atomic E-state index is 0.517. The molecule has 0 aliphatic carbocycles. The molecule has 1 N–H and O–H groups in total. The van der Waals surface area contributed by atoms with E-state index in [0.29, 0.717) is 6.04 Å². The van der Waals surface area contributed by atoms with Gasteiger partial charge >= 0.3 is 0 Å². The number of amidine groups is 1. The van der Waals surface area contributed by atoms with E-state index in [0.717, 1.165) is 30.3 Å². The van der Waals surface area contributed by atoms with E-state index in [1.165, 1.54) is 10.4 Å². The van der Waals surface area contributed by atoms with E-state index in [-0.39, 0.29) is 0 Å². The normalized spacial score (nSPS) is 20.2. The van der Waals surface area contributed by atoms with Gasteiger partial charge in [-0.3, -0.25) is 4.99 Å². The predicted octanol–water partition coefficient (Wildman–Crippen LogP) is 3.59. The van der Waals surface area contributed by atoms with Crippen LogP contribution in [0.3, 0.4) is 0 Å². The summed E-state index contributed by atoms with van der Waals surface area (Å²) in [6.07, 6.45) is 2.13. The molecule has 1 aliphatic heterocycles. The standard InChI is InChI=1S/C16H18N2S2/c1-2-5-13(6-3-1)11-14-12-20-16(18-14)17-9-8-15-7-4-10-19-15/h1-7,10,14H,8-9,11-12H2,(H,17,18). The van der Waals surface area contributed by atoms with Crippen LogP contribution in [-0.2, 0) is 12.8 Å². The Morgan fingerprint density at radius 3 is 2.85 bits per heavy atom. The zero-order chi connectivity index (χ0) is 13.6. The highest BCUT2D eigenvalue weighted by Crippen LogP contribution is 2.17. The lowest BCUT2D eigenvalue weighted by atomic mass is 10.1. The summed E-state index contributed by atoms with van der Waals surface area (Å²) in [5.41, 5.74) is 1.39. The second-order valence-corrected chi connectivity index (χ2v) is 6.90. The van der Waals surface area contributed by atoms with Crippen molar-refractivity contribution in [1.82, 2.24) is 5.32 Å². The number of nitrogens with zero attached hydrogens (tertiary/aromatic N) is 1. The molecule has 1 aliphatic rings. The van der Waals surface area contributed by atoms with E-state index in [9.17, 15) is 0 Å². The minimum Gasteiger partial charge on any atom is -0.361 e. The van der Waals surface area contributed by atoms with Gasteiger partial charge in [-0.15, -0.1) is 11.3 Å². The summed E-state index contributed by atoms with van der Waals surface area (Å²) in [4.78, 5) is 6.08. The molecule has 0 spiro atoms. The lowest BCUT2D eigenvalue weighted by Gasteiger charge is -2.09. The minimum atomic E-state index is 0.517. The highest BCUT2D eigenvalue weighted by molar-refractivity contribution is 8.14. The molecule has 2 aromatic rings. The average molecular weight is 302 g/mol. The van der Waals surface area contributed by atoms with Crippen molar-refractivity contribution in [2.75, 3.05) is 12.3 Å². The van der Waals surface area contributed by atoms with Gasteiger partial charge in [0, 0.05) is 29.6 Å². The maximum Gasteiger partial charge on any atom is 0.156 e. The maximum absolute atomic E-state index is 4.67. The summed E-state index contributed by atoms with van der Waals surface area (Å²) < 4.78 is 0. The van der Waals surface area contributed by atoms with Gasteiger partial charge < -0.3 is 5.32 Å². The summed E-state index contributed by atoms with van der Waals surface area (Å²) in [5.74, 6) is 1.12. The van der Waals surface area contributed by atoms with Gasteiger partial charge in [-0.1, -0.05) is 48.2 Å². The van der Waals surface area contributed by atoms with Gasteiger partial charge in [0.1, 0.15) is 0 Å². The summed E-state index contributed by atoms with van der Waals surface area (Å²) in [6, 6.07) is 15.5. The Hall–Kier alpha value is -1.26. The molecule has 2 heterocycles. The average Bonchev–Trinajstić information content (AvgIpc) is 3.12. The lowest BCUT2D eigenvalue weighted by Crippen LogP contribution is -2.29. The quantitative estimate of drug-likeness (QED) is 0.912. The molecule has 2 nitrogen and oxygen atoms in total. The van der Waals surface area contributed by atoms with Crippen LogP contribution in [-0.4, -0.2) is 23.5 Å². The molecule has 1 atom stereocenters. The van der Waals surface area contributed by atoms with Crippen LogP contribution in [0, 0.1) is 0 Å². The number of nitrogens with one attached hydrogen (secondary N) is 1. The molecule has 0 radical (unpaired) electrons. The van der Waals surface area contributed by atoms with E-state index in [4.69, 9.17) is 0 Å². The van der Waals surface area contributed by atoms with Crippen LogP contribution >= 0.6 is 23.1 Å². The molecule has 1 aromatic heterocycles. The molecular formula is C16H18N2S2.